The summed E-state index contributed by atoms with van der Waals surface area (Å²) in [6.45, 7) is 3.02. The van der Waals surface area contributed by atoms with Crippen molar-refractivity contribution >= 4 is 37.8 Å². The smallest absolute Gasteiger partial charge is 0.267 e. The predicted molar refractivity (Wildman–Crippen MR) is 121 cm³/mol. The molecule has 0 spiro atoms. The molecule has 1 aromatic carbocycles. The lowest BCUT2D eigenvalue weighted by molar-refractivity contribution is 0.151. The fourth-order valence-electron chi connectivity index (χ4n) is 5.21. The van der Waals surface area contributed by atoms with Gasteiger partial charge in [-0.3, -0.25) is 0 Å². The lowest BCUT2D eigenvalue weighted by atomic mass is 9.91. The van der Waals surface area contributed by atoms with Gasteiger partial charge < -0.3 is 9.84 Å². The van der Waals surface area contributed by atoms with E-state index in [9.17, 15) is 17.2 Å². The molecule has 33 heavy (non-hydrogen) atoms. The molecule has 0 bridgehead atoms. The minimum atomic E-state index is -3.20. The standard InChI is InChI=1S/C22H27F2N5O3S/c1-12-4-3-5-15(12)19-17-18-13(10-16(21(23)24)20(17)32-28-19)11-25-22(27-18)26-14-6-8-29(9-7-14)33(2,30)31/h10-12,14-15,21H,3-9H2,1-2H3,(H,25,26,27). The number of nitrogens with zero attached hydrogens (tertiary/aromatic N) is 4. The number of hydrogen-bond acceptors (Lipinski definition) is 7. The van der Waals surface area contributed by atoms with Gasteiger partial charge in [-0.05, 0) is 31.2 Å². The van der Waals surface area contributed by atoms with Crippen LogP contribution in [0.2, 0.25) is 0 Å². The van der Waals surface area contributed by atoms with Gasteiger partial charge in [0.1, 0.15) is 0 Å². The number of sulfonamides is 1. The van der Waals surface area contributed by atoms with E-state index in [1.54, 1.807) is 6.20 Å². The Morgan fingerprint density at radius 1 is 1.21 bits per heavy atom. The summed E-state index contributed by atoms with van der Waals surface area (Å²) >= 11 is 0. The van der Waals surface area contributed by atoms with Crippen LogP contribution in [0.15, 0.2) is 16.8 Å². The van der Waals surface area contributed by atoms with Crippen LogP contribution >= 0.6 is 0 Å². The zero-order valence-corrected chi connectivity index (χ0v) is 19.4. The molecule has 1 aliphatic carbocycles. The fraction of sp³-hybridized carbons (Fsp3) is 0.591. The average molecular weight is 480 g/mol. The third-order valence-corrected chi connectivity index (χ3v) is 8.35. The van der Waals surface area contributed by atoms with E-state index in [-0.39, 0.29) is 23.1 Å². The van der Waals surface area contributed by atoms with Gasteiger partial charge in [0.15, 0.2) is 5.58 Å². The van der Waals surface area contributed by atoms with Crippen molar-refractivity contribution in [3.8, 4) is 0 Å². The van der Waals surface area contributed by atoms with Gasteiger partial charge in [0, 0.05) is 36.6 Å². The SMILES string of the molecule is CC1CCCC1c1noc2c(C(F)F)cc3cnc(NC4CCN(S(C)(=O)=O)CC4)nc3c12. The fourth-order valence-corrected chi connectivity index (χ4v) is 6.08. The molecule has 1 N–H and O–H groups in total. The highest BCUT2D eigenvalue weighted by Gasteiger charge is 2.32. The molecule has 1 saturated carbocycles. The summed E-state index contributed by atoms with van der Waals surface area (Å²) in [6.07, 6.45) is 4.41. The van der Waals surface area contributed by atoms with Crippen LogP contribution in [0.5, 0.6) is 0 Å². The number of aromatic nitrogens is 3. The van der Waals surface area contributed by atoms with Crippen LogP contribution in [0.25, 0.3) is 21.9 Å². The molecule has 11 heteroatoms. The number of alkyl halides is 2. The second-order valence-corrected chi connectivity index (χ2v) is 11.2. The monoisotopic (exact) mass is 479 g/mol. The van der Waals surface area contributed by atoms with Crippen LogP contribution in [-0.2, 0) is 10.0 Å². The third-order valence-electron chi connectivity index (χ3n) is 7.05. The summed E-state index contributed by atoms with van der Waals surface area (Å²) in [5.74, 6) is 0.926. The Morgan fingerprint density at radius 3 is 2.61 bits per heavy atom. The number of hydrogen-bond donors (Lipinski definition) is 1. The van der Waals surface area contributed by atoms with Crippen LogP contribution in [0.4, 0.5) is 14.7 Å². The topological polar surface area (TPSA) is 101 Å². The molecule has 2 unspecified atom stereocenters. The van der Waals surface area contributed by atoms with Crippen LogP contribution in [0.1, 0.15) is 62.6 Å². The molecule has 0 amide bonds. The number of halogens is 2. The molecule has 1 aliphatic heterocycles. The van der Waals surface area contributed by atoms with Crippen molar-refractivity contribution < 1.29 is 21.7 Å². The van der Waals surface area contributed by atoms with Gasteiger partial charge >= 0.3 is 0 Å². The molecule has 2 fully saturated rings. The molecule has 1 saturated heterocycles. The largest absolute Gasteiger partial charge is 0.355 e. The highest BCUT2D eigenvalue weighted by molar-refractivity contribution is 7.88. The van der Waals surface area contributed by atoms with Gasteiger partial charge in [-0.1, -0.05) is 24.9 Å². The lowest BCUT2D eigenvalue weighted by Crippen LogP contribution is -2.42. The number of nitrogens with one attached hydrogen (secondary N) is 1. The Kier molecular flexibility index (Phi) is 5.72. The molecule has 5 rings (SSSR count). The Labute approximate surface area is 190 Å². The minimum Gasteiger partial charge on any atom is -0.355 e. The first-order valence-corrected chi connectivity index (χ1v) is 13.2. The first-order chi connectivity index (χ1) is 15.7. The van der Waals surface area contributed by atoms with Crippen LogP contribution in [-0.4, -0.2) is 53.2 Å². The quantitative estimate of drug-likeness (QED) is 0.577. The summed E-state index contributed by atoms with van der Waals surface area (Å²) in [4.78, 5) is 9.05. The van der Waals surface area contributed by atoms with E-state index in [2.05, 4.69) is 22.4 Å². The molecule has 2 atom stereocenters. The van der Waals surface area contributed by atoms with Crippen LogP contribution in [0, 0.1) is 5.92 Å². The average Bonchev–Trinajstić information content (AvgIpc) is 3.39. The molecular weight excluding hydrogens is 452 g/mol. The molecule has 3 heterocycles. The minimum absolute atomic E-state index is 0.0214. The van der Waals surface area contributed by atoms with E-state index in [0.717, 1.165) is 19.3 Å². The van der Waals surface area contributed by atoms with E-state index in [1.807, 2.05) is 0 Å². The highest BCUT2D eigenvalue weighted by Crippen LogP contribution is 2.44. The van der Waals surface area contributed by atoms with Gasteiger partial charge in [-0.2, -0.15) is 0 Å². The molecule has 3 aromatic rings. The second kappa shape index (κ2) is 8.43. The van der Waals surface area contributed by atoms with Gasteiger partial charge in [0.25, 0.3) is 6.43 Å². The van der Waals surface area contributed by atoms with Gasteiger partial charge in [-0.25, -0.2) is 31.5 Å². The van der Waals surface area contributed by atoms with Gasteiger partial charge in [0.05, 0.1) is 28.4 Å². The Hall–Kier alpha value is -2.40. The van der Waals surface area contributed by atoms with Crippen molar-refractivity contribution in [3.63, 3.8) is 0 Å². The van der Waals surface area contributed by atoms with Crippen molar-refractivity contribution in [2.45, 2.75) is 57.4 Å². The zero-order chi connectivity index (χ0) is 23.3. The highest BCUT2D eigenvalue weighted by atomic mass is 32.2. The summed E-state index contributed by atoms with van der Waals surface area (Å²) in [7, 11) is -3.20. The van der Waals surface area contributed by atoms with Gasteiger partial charge in [0.2, 0.25) is 16.0 Å². The zero-order valence-electron chi connectivity index (χ0n) is 18.6. The Balaban J connectivity index is 1.52. The Bertz CT molecular complexity index is 1290. The van der Waals surface area contributed by atoms with Crippen molar-refractivity contribution in [1.29, 1.82) is 0 Å². The van der Waals surface area contributed by atoms with Crippen molar-refractivity contribution in [1.82, 2.24) is 19.4 Å². The molecule has 178 valence electrons. The van der Waals surface area contributed by atoms with E-state index < -0.39 is 16.4 Å². The van der Waals surface area contributed by atoms with Crippen LogP contribution in [0.3, 0.4) is 0 Å². The maximum atomic E-state index is 13.8. The van der Waals surface area contributed by atoms with Crippen molar-refractivity contribution in [3.05, 3.63) is 23.5 Å². The van der Waals surface area contributed by atoms with E-state index in [1.165, 1.54) is 16.6 Å². The Morgan fingerprint density at radius 2 is 1.97 bits per heavy atom. The molecule has 0 radical (unpaired) electrons. The van der Waals surface area contributed by atoms with E-state index in [0.29, 0.717) is 59.8 Å². The van der Waals surface area contributed by atoms with Crippen LogP contribution < -0.4 is 5.32 Å². The number of piperidine rings is 1. The number of anilines is 1. The van der Waals surface area contributed by atoms with Gasteiger partial charge in [-0.15, -0.1) is 0 Å². The summed E-state index contributed by atoms with van der Waals surface area (Å²) in [5, 5.41) is 8.61. The first kappa shape index (κ1) is 22.4. The number of fused-ring (bicyclic) bond motifs is 3. The lowest BCUT2D eigenvalue weighted by Gasteiger charge is -2.30. The molecule has 2 aliphatic rings. The normalized spacial score (nSPS) is 23.2. The molecule has 8 nitrogen and oxygen atoms in total. The predicted octanol–water partition coefficient (Wildman–Crippen LogP) is 4.45. The molecular formula is C22H27F2N5O3S. The summed E-state index contributed by atoms with van der Waals surface area (Å²) in [6, 6.07) is 1.40. The van der Waals surface area contributed by atoms with E-state index in [4.69, 9.17) is 9.51 Å². The van der Waals surface area contributed by atoms with E-state index >= 15 is 0 Å². The summed E-state index contributed by atoms with van der Waals surface area (Å²) < 4.78 is 58.0. The first-order valence-electron chi connectivity index (χ1n) is 11.3. The maximum absolute atomic E-state index is 13.8. The maximum Gasteiger partial charge on any atom is 0.267 e. The molecule has 2 aromatic heterocycles. The third kappa shape index (κ3) is 4.16. The number of rotatable bonds is 5. The second-order valence-electron chi connectivity index (χ2n) is 9.27. The summed E-state index contributed by atoms with van der Waals surface area (Å²) in [5.41, 5.74) is 1.15. The van der Waals surface area contributed by atoms with Crippen molar-refractivity contribution in [2.75, 3.05) is 24.7 Å². The van der Waals surface area contributed by atoms with Crippen molar-refractivity contribution in [2.24, 2.45) is 5.92 Å². The number of benzene rings is 1.